The van der Waals surface area contributed by atoms with Gasteiger partial charge in [-0.25, -0.2) is 0 Å². The maximum atomic E-state index is 6.08. The van der Waals surface area contributed by atoms with Crippen molar-refractivity contribution in [3.05, 3.63) is 33.8 Å². The summed E-state index contributed by atoms with van der Waals surface area (Å²) in [5.41, 5.74) is 0.962. The summed E-state index contributed by atoms with van der Waals surface area (Å²) in [6.07, 6.45) is 2.38. The fraction of sp³-hybridized carbons (Fsp3) is 0.538. The molecule has 1 aliphatic heterocycles. The van der Waals surface area contributed by atoms with Crippen molar-refractivity contribution in [3.8, 4) is 0 Å². The SMILES string of the molecule is Clc1cccc(COCCC2CCNC2)c1Cl. The Labute approximate surface area is 112 Å². The van der Waals surface area contributed by atoms with Crippen LogP contribution in [0.15, 0.2) is 18.2 Å². The summed E-state index contributed by atoms with van der Waals surface area (Å²) in [6, 6.07) is 5.64. The zero-order chi connectivity index (χ0) is 12.1. The minimum atomic E-state index is 0.541. The van der Waals surface area contributed by atoms with Crippen LogP contribution in [0.2, 0.25) is 10.0 Å². The Morgan fingerprint density at radius 2 is 2.24 bits per heavy atom. The van der Waals surface area contributed by atoms with E-state index in [9.17, 15) is 0 Å². The third kappa shape index (κ3) is 3.85. The second-order valence-corrected chi connectivity index (χ2v) is 5.20. The topological polar surface area (TPSA) is 21.3 Å². The van der Waals surface area contributed by atoms with Gasteiger partial charge in [-0.3, -0.25) is 0 Å². The minimum absolute atomic E-state index is 0.541. The van der Waals surface area contributed by atoms with E-state index in [2.05, 4.69) is 5.32 Å². The molecule has 1 aromatic rings. The van der Waals surface area contributed by atoms with Crippen LogP contribution in [0, 0.1) is 5.92 Å². The summed E-state index contributed by atoms with van der Waals surface area (Å²) in [5.74, 6) is 0.768. The van der Waals surface area contributed by atoms with Gasteiger partial charge in [0.2, 0.25) is 0 Å². The van der Waals surface area contributed by atoms with E-state index in [1.54, 1.807) is 6.07 Å². The molecule has 0 saturated carbocycles. The molecular formula is C13H17Cl2NO. The Balaban J connectivity index is 1.72. The molecule has 1 heterocycles. The first-order valence-electron chi connectivity index (χ1n) is 5.98. The summed E-state index contributed by atoms with van der Waals surface area (Å²) < 4.78 is 5.65. The molecule has 1 fully saturated rings. The predicted octanol–water partition coefficient (Wildman–Crippen LogP) is 3.51. The Morgan fingerprint density at radius 1 is 1.35 bits per heavy atom. The van der Waals surface area contributed by atoms with E-state index in [0.717, 1.165) is 37.6 Å². The first kappa shape index (κ1) is 13.2. The largest absolute Gasteiger partial charge is 0.377 e. The molecule has 1 saturated heterocycles. The predicted molar refractivity (Wildman–Crippen MR) is 71.7 cm³/mol. The van der Waals surface area contributed by atoms with Gasteiger partial charge < -0.3 is 10.1 Å². The average Bonchev–Trinajstić information content (AvgIpc) is 2.83. The van der Waals surface area contributed by atoms with Crippen molar-refractivity contribution in [2.24, 2.45) is 5.92 Å². The Bertz CT molecular complexity index is 364. The van der Waals surface area contributed by atoms with Crippen LogP contribution in [0.3, 0.4) is 0 Å². The van der Waals surface area contributed by atoms with Gasteiger partial charge in [0.1, 0.15) is 0 Å². The maximum Gasteiger partial charge on any atom is 0.0731 e. The molecule has 94 valence electrons. The number of hydrogen-bond donors (Lipinski definition) is 1. The molecule has 0 amide bonds. The van der Waals surface area contributed by atoms with Gasteiger partial charge >= 0.3 is 0 Å². The van der Waals surface area contributed by atoms with Gasteiger partial charge in [-0.2, -0.15) is 0 Å². The van der Waals surface area contributed by atoms with E-state index in [1.807, 2.05) is 12.1 Å². The fourth-order valence-corrected chi connectivity index (χ4v) is 2.43. The summed E-state index contributed by atoms with van der Waals surface area (Å²) in [7, 11) is 0. The van der Waals surface area contributed by atoms with E-state index in [1.165, 1.54) is 6.42 Å². The van der Waals surface area contributed by atoms with E-state index < -0.39 is 0 Å². The molecule has 1 aromatic carbocycles. The van der Waals surface area contributed by atoms with Crippen molar-refractivity contribution in [2.45, 2.75) is 19.4 Å². The Hall–Kier alpha value is -0.280. The Kier molecular flexibility index (Phi) is 5.11. The molecule has 1 aliphatic rings. The van der Waals surface area contributed by atoms with Crippen molar-refractivity contribution >= 4 is 23.2 Å². The van der Waals surface area contributed by atoms with Crippen LogP contribution in [0.5, 0.6) is 0 Å². The molecule has 0 bridgehead atoms. The lowest BCUT2D eigenvalue weighted by molar-refractivity contribution is 0.109. The molecule has 1 unspecified atom stereocenters. The summed E-state index contributed by atoms with van der Waals surface area (Å²) in [6.45, 7) is 3.60. The first-order valence-corrected chi connectivity index (χ1v) is 6.74. The van der Waals surface area contributed by atoms with Gasteiger partial charge in [0.15, 0.2) is 0 Å². The highest BCUT2D eigenvalue weighted by Crippen LogP contribution is 2.26. The van der Waals surface area contributed by atoms with Crippen LogP contribution in [0.1, 0.15) is 18.4 Å². The summed E-state index contributed by atoms with van der Waals surface area (Å²) in [4.78, 5) is 0. The van der Waals surface area contributed by atoms with Gasteiger partial charge in [-0.05, 0) is 43.5 Å². The number of nitrogens with one attached hydrogen (secondary N) is 1. The highest BCUT2D eigenvalue weighted by atomic mass is 35.5. The molecule has 4 heteroatoms. The van der Waals surface area contributed by atoms with Gasteiger partial charge in [0, 0.05) is 6.61 Å². The van der Waals surface area contributed by atoms with E-state index in [-0.39, 0.29) is 0 Å². The smallest absolute Gasteiger partial charge is 0.0731 e. The lowest BCUT2D eigenvalue weighted by atomic mass is 10.1. The molecule has 1 N–H and O–H groups in total. The molecule has 2 rings (SSSR count). The second-order valence-electron chi connectivity index (χ2n) is 4.41. The third-order valence-electron chi connectivity index (χ3n) is 3.12. The molecule has 1 atom stereocenters. The van der Waals surface area contributed by atoms with Crippen LogP contribution in [-0.4, -0.2) is 19.7 Å². The highest BCUT2D eigenvalue weighted by molar-refractivity contribution is 6.42. The lowest BCUT2D eigenvalue weighted by Crippen LogP contribution is -2.10. The van der Waals surface area contributed by atoms with Crippen LogP contribution < -0.4 is 5.32 Å². The molecule has 17 heavy (non-hydrogen) atoms. The monoisotopic (exact) mass is 273 g/mol. The molecular weight excluding hydrogens is 257 g/mol. The van der Waals surface area contributed by atoms with E-state index in [4.69, 9.17) is 27.9 Å². The fourth-order valence-electron chi connectivity index (χ4n) is 2.05. The lowest BCUT2D eigenvalue weighted by Gasteiger charge is -2.10. The third-order valence-corrected chi connectivity index (χ3v) is 3.98. The number of benzene rings is 1. The molecule has 0 aliphatic carbocycles. The first-order chi connectivity index (χ1) is 8.27. The number of ether oxygens (including phenoxy) is 1. The van der Waals surface area contributed by atoms with Crippen LogP contribution in [0.4, 0.5) is 0 Å². The van der Waals surface area contributed by atoms with E-state index in [0.29, 0.717) is 16.7 Å². The van der Waals surface area contributed by atoms with Crippen LogP contribution in [-0.2, 0) is 11.3 Å². The molecule has 0 aromatic heterocycles. The van der Waals surface area contributed by atoms with E-state index >= 15 is 0 Å². The van der Waals surface area contributed by atoms with Crippen molar-refractivity contribution in [1.82, 2.24) is 5.32 Å². The number of hydrogen-bond acceptors (Lipinski definition) is 2. The standard InChI is InChI=1S/C13H17Cl2NO/c14-12-3-1-2-11(13(12)15)9-17-7-5-10-4-6-16-8-10/h1-3,10,16H,4-9H2. The van der Waals surface area contributed by atoms with Crippen LogP contribution in [0.25, 0.3) is 0 Å². The highest BCUT2D eigenvalue weighted by Gasteiger charge is 2.13. The molecule has 2 nitrogen and oxygen atoms in total. The van der Waals surface area contributed by atoms with Gasteiger partial charge in [-0.1, -0.05) is 35.3 Å². The quantitative estimate of drug-likeness (QED) is 0.830. The van der Waals surface area contributed by atoms with Crippen molar-refractivity contribution in [1.29, 1.82) is 0 Å². The normalized spacial score (nSPS) is 19.8. The Morgan fingerprint density at radius 3 is 3.00 bits per heavy atom. The zero-order valence-electron chi connectivity index (χ0n) is 9.72. The van der Waals surface area contributed by atoms with Gasteiger partial charge in [0.05, 0.1) is 16.7 Å². The van der Waals surface area contributed by atoms with Gasteiger partial charge in [-0.15, -0.1) is 0 Å². The minimum Gasteiger partial charge on any atom is -0.377 e. The van der Waals surface area contributed by atoms with Crippen molar-refractivity contribution < 1.29 is 4.74 Å². The average molecular weight is 274 g/mol. The zero-order valence-corrected chi connectivity index (χ0v) is 11.2. The number of halogens is 2. The summed E-state index contributed by atoms with van der Waals surface area (Å²) >= 11 is 12.0. The van der Waals surface area contributed by atoms with Crippen LogP contribution >= 0.6 is 23.2 Å². The molecule has 0 spiro atoms. The van der Waals surface area contributed by atoms with Gasteiger partial charge in [0.25, 0.3) is 0 Å². The maximum absolute atomic E-state index is 6.08. The summed E-state index contributed by atoms with van der Waals surface area (Å²) in [5, 5.41) is 4.55. The van der Waals surface area contributed by atoms with Crippen molar-refractivity contribution in [2.75, 3.05) is 19.7 Å². The molecule has 0 radical (unpaired) electrons. The number of rotatable bonds is 5. The second kappa shape index (κ2) is 6.60. The van der Waals surface area contributed by atoms with Crippen molar-refractivity contribution in [3.63, 3.8) is 0 Å².